The Morgan fingerprint density at radius 3 is 2.72 bits per heavy atom. The average molecular weight is 499 g/mol. The van der Waals surface area contributed by atoms with Crippen LogP contribution in [0, 0.1) is 11.6 Å². The molecule has 1 amide bonds. The van der Waals surface area contributed by atoms with Gasteiger partial charge in [-0.15, -0.1) is 21.5 Å². The third-order valence-corrected chi connectivity index (χ3v) is 6.88. The highest BCUT2D eigenvalue weighted by molar-refractivity contribution is 7.16. The Hall–Kier alpha value is -2.96. The van der Waals surface area contributed by atoms with Gasteiger partial charge in [0.1, 0.15) is 15.2 Å². The molecular formula is C18H14Cl2F2N8OS. The highest BCUT2D eigenvalue weighted by Gasteiger charge is 2.37. The number of aromatic nitrogens is 7. The fourth-order valence-electron chi connectivity index (χ4n) is 3.17. The van der Waals surface area contributed by atoms with Gasteiger partial charge in [0.15, 0.2) is 11.0 Å². The quantitative estimate of drug-likeness (QED) is 0.418. The van der Waals surface area contributed by atoms with Crippen molar-refractivity contribution in [3.63, 3.8) is 0 Å². The number of carbonyl (C=O) groups is 1. The van der Waals surface area contributed by atoms with Crippen molar-refractivity contribution in [2.24, 2.45) is 7.05 Å². The summed E-state index contributed by atoms with van der Waals surface area (Å²) >= 11 is 13.3. The number of H-pyrrole nitrogens is 1. The van der Waals surface area contributed by atoms with Gasteiger partial charge in [-0.3, -0.25) is 9.48 Å². The molecule has 0 spiro atoms. The fraction of sp³-hybridized carbons (Fsp3) is 0.222. The van der Waals surface area contributed by atoms with Crippen molar-refractivity contribution in [1.29, 1.82) is 0 Å². The van der Waals surface area contributed by atoms with Gasteiger partial charge in [-0.1, -0.05) is 23.2 Å². The zero-order valence-corrected chi connectivity index (χ0v) is 18.9. The molecule has 9 nitrogen and oxygen atoms in total. The number of hydrogen-bond donors (Lipinski definition) is 2. The van der Waals surface area contributed by atoms with E-state index in [2.05, 4.69) is 36.0 Å². The smallest absolute Gasteiger partial charge is 0.297 e. The second-order valence-electron chi connectivity index (χ2n) is 7.07. The van der Waals surface area contributed by atoms with Crippen molar-refractivity contribution in [2.75, 3.05) is 5.32 Å². The number of aromatic amines is 1. The lowest BCUT2D eigenvalue weighted by Crippen LogP contribution is -2.27. The molecule has 0 radical (unpaired) electrons. The molecule has 0 aliphatic carbocycles. The Morgan fingerprint density at radius 2 is 2.12 bits per heavy atom. The Bertz CT molecular complexity index is 1270. The molecule has 0 aliphatic rings. The highest BCUT2D eigenvalue weighted by Crippen LogP contribution is 2.42. The molecule has 1 unspecified atom stereocenters. The topological polar surface area (TPSA) is 114 Å². The van der Waals surface area contributed by atoms with E-state index in [1.165, 1.54) is 0 Å². The van der Waals surface area contributed by atoms with Crippen LogP contribution in [0.15, 0.2) is 24.5 Å². The number of rotatable bonds is 6. The van der Waals surface area contributed by atoms with E-state index >= 15 is 4.39 Å². The number of hydrogen-bond acceptors (Lipinski definition) is 7. The summed E-state index contributed by atoms with van der Waals surface area (Å²) in [4.78, 5) is 16.5. The largest absolute Gasteiger partial charge is 0.317 e. The molecule has 3 aromatic heterocycles. The molecule has 166 valence electrons. The van der Waals surface area contributed by atoms with Gasteiger partial charge >= 0.3 is 0 Å². The molecular weight excluding hydrogens is 485 g/mol. The van der Waals surface area contributed by atoms with Crippen LogP contribution < -0.4 is 5.32 Å². The lowest BCUT2D eigenvalue weighted by atomic mass is 9.79. The molecule has 4 aromatic rings. The number of benzene rings is 1. The van der Waals surface area contributed by atoms with Gasteiger partial charge in [-0.25, -0.2) is 13.8 Å². The van der Waals surface area contributed by atoms with Crippen LogP contribution >= 0.6 is 34.5 Å². The molecule has 0 aliphatic heterocycles. The number of carbonyl (C=O) groups excluding carboxylic acids is 1. The average Bonchev–Trinajstić information content (AvgIpc) is 3.50. The maximum Gasteiger partial charge on any atom is 0.297 e. The van der Waals surface area contributed by atoms with E-state index in [-0.39, 0.29) is 33.0 Å². The summed E-state index contributed by atoms with van der Waals surface area (Å²) in [6.45, 7) is 1.76. The zero-order chi connectivity index (χ0) is 23.0. The molecule has 32 heavy (non-hydrogen) atoms. The van der Waals surface area contributed by atoms with E-state index in [0.29, 0.717) is 10.6 Å². The molecule has 14 heteroatoms. The number of thiazole rings is 1. The first-order chi connectivity index (χ1) is 15.2. The second-order valence-corrected chi connectivity index (χ2v) is 9.03. The summed E-state index contributed by atoms with van der Waals surface area (Å²) < 4.78 is 32.0. The van der Waals surface area contributed by atoms with Gasteiger partial charge in [0.25, 0.3) is 11.7 Å². The molecule has 3 heterocycles. The van der Waals surface area contributed by atoms with Crippen molar-refractivity contribution < 1.29 is 13.6 Å². The molecule has 1 atom stereocenters. The van der Waals surface area contributed by atoms with Gasteiger partial charge in [0.2, 0.25) is 0 Å². The van der Waals surface area contributed by atoms with Crippen molar-refractivity contribution in [3.8, 4) is 0 Å². The van der Waals surface area contributed by atoms with Gasteiger partial charge in [0.05, 0.1) is 17.3 Å². The van der Waals surface area contributed by atoms with Crippen LogP contribution in [-0.2, 0) is 18.9 Å². The molecule has 0 saturated heterocycles. The number of anilines is 1. The van der Waals surface area contributed by atoms with E-state index in [0.717, 1.165) is 23.5 Å². The lowest BCUT2D eigenvalue weighted by molar-refractivity contribution is 0.101. The SMILES string of the molecule is Cn1cc(C(C)(Cc2c(F)ccc(NC(=O)c3nn[nH]n3)c2F)c2nc(Cl)c(Cl)s2)cn1. The summed E-state index contributed by atoms with van der Waals surface area (Å²) in [7, 11) is 1.72. The normalized spacial score (nSPS) is 13.2. The number of aryl methyl sites for hydroxylation is 1. The predicted octanol–water partition coefficient (Wildman–Crippen LogP) is 3.78. The summed E-state index contributed by atoms with van der Waals surface area (Å²) in [6, 6.07) is 2.18. The Labute approximate surface area is 193 Å². The molecule has 4 rings (SSSR count). The number of tetrazole rings is 1. The van der Waals surface area contributed by atoms with E-state index in [4.69, 9.17) is 23.2 Å². The Morgan fingerprint density at radius 1 is 1.34 bits per heavy atom. The minimum absolute atomic E-state index is 0.101. The predicted molar refractivity (Wildman–Crippen MR) is 114 cm³/mol. The van der Waals surface area contributed by atoms with Crippen LogP contribution in [0.4, 0.5) is 14.5 Å². The summed E-state index contributed by atoms with van der Waals surface area (Å²) in [5.74, 6) is -2.82. The molecule has 1 aromatic carbocycles. The monoisotopic (exact) mass is 498 g/mol. The number of amides is 1. The summed E-state index contributed by atoms with van der Waals surface area (Å²) in [5, 5.41) is 19.5. The Kier molecular flexibility index (Phi) is 5.93. The first kappa shape index (κ1) is 22.2. The van der Waals surface area contributed by atoms with Gasteiger partial charge in [-0.2, -0.15) is 10.3 Å². The number of nitrogens with one attached hydrogen (secondary N) is 2. The number of nitrogens with zero attached hydrogens (tertiary/aromatic N) is 6. The Balaban J connectivity index is 1.76. The third-order valence-electron chi connectivity index (χ3n) is 4.88. The van der Waals surface area contributed by atoms with Crippen molar-refractivity contribution in [2.45, 2.75) is 18.8 Å². The van der Waals surface area contributed by atoms with Crippen molar-refractivity contribution in [1.82, 2.24) is 35.4 Å². The standard InChI is InChI=1S/C18H14Cl2F2N8OS/c1-18(8-6-23-30(2)7-8,17-25-13(19)14(20)32-17)5-9-10(21)3-4-11(12(9)22)24-16(31)15-26-28-29-27-15/h3-4,6-7H,5H2,1-2H3,(H,24,31)(H,26,27,28,29). The second kappa shape index (κ2) is 8.52. The maximum atomic E-state index is 15.4. The number of halogens is 4. The van der Waals surface area contributed by atoms with Crippen LogP contribution in [0.3, 0.4) is 0 Å². The van der Waals surface area contributed by atoms with Crippen molar-refractivity contribution in [3.05, 3.63) is 67.6 Å². The molecule has 2 N–H and O–H groups in total. The molecule has 0 fully saturated rings. The van der Waals surface area contributed by atoms with Crippen LogP contribution in [0.25, 0.3) is 0 Å². The third kappa shape index (κ3) is 4.08. The van der Waals surface area contributed by atoms with E-state index in [1.807, 2.05) is 0 Å². The summed E-state index contributed by atoms with van der Waals surface area (Å²) in [6.07, 6.45) is 3.16. The summed E-state index contributed by atoms with van der Waals surface area (Å²) in [5.41, 5.74) is -0.861. The van der Waals surface area contributed by atoms with Crippen molar-refractivity contribution >= 4 is 46.1 Å². The van der Waals surface area contributed by atoms with E-state index in [9.17, 15) is 9.18 Å². The highest BCUT2D eigenvalue weighted by atomic mass is 35.5. The van der Waals surface area contributed by atoms with Gasteiger partial charge in [0, 0.05) is 24.4 Å². The minimum atomic E-state index is -1.02. The van der Waals surface area contributed by atoms with Crippen LogP contribution in [0.5, 0.6) is 0 Å². The molecule has 0 bridgehead atoms. The van der Waals surface area contributed by atoms with Crippen LogP contribution in [0.1, 0.15) is 33.7 Å². The maximum absolute atomic E-state index is 15.4. The fourth-order valence-corrected chi connectivity index (χ4v) is 4.54. The zero-order valence-electron chi connectivity index (χ0n) is 16.5. The first-order valence-electron chi connectivity index (χ1n) is 9.02. The molecule has 0 saturated carbocycles. The van der Waals surface area contributed by atoms with Crippen LogP contribution in [0.2, 0.25) is 9.49 Å². The van der Waals surface area contributed by atoms with E-state index in [1.54, 1.807) is 31.0 Å². The first-order valence-corrected chi connectivity index (χ1v) is 10.6. The van der Waals surface area contributed by atoms with Gasteiger partial charge in [-0.05, 0) is 30.7 Å². The van der Waals surface area contributed by atoms with Crippen LogP contribution in [-0.4, -0.2) is 41.3 Å². The minimum Gasteiger partial charge on any atom is -0.317 e. The van der Waals surface area contributed by atoms with E-state index < -0.39 is 23.0 Å². The lowest BCUT2D eigenvalue weighted by Gasteiger charge is -2.27. The van der Waals surface area contributed by atoms with Gasteiger partial charge < -0.3 is 5.32 Å².